The number of halogens is 1. The monoisotopic (exact) mass is 385 g/mol. The van der Waals surface area contributed by atoms with Crippen molar-refractivity contribution in [3.8, 4) is 5.75 Å². The van der Waals surface area contributed by atoms with Gasteiger partial charge in [0, 0.05) is 13.1 Å². The van der Waals surface area contributed by atoms with Crippen molar-refractivity contribution in [3.05, 3.63) is 53.3 Å². The number of ether oxygens (including phenoxy) is 1. The Morgan fingerprint density at radius 2 is 2.19 bits per heavy atom. The van der Waals surface area contributed by atoms with Crippen LogP contribution in [0, 0.1) is 5.82 Å². The molecular formula is C20H20FN3O2S. The first-order chi connectivity index (χ1) is 13.1. The van der Waals surface area contributed by atoms with Gasteiger partial charge < -0.3 is 10.1 Å². The van der Waals surface area contributed by atoms with E-state index in [4.69, 9.17) is 4.74 Å². The fraction of sp³-hybridized carbons (Fsp3) is 0.300. The van der Waals surface area contributed by atoms with Gasteiger partial charge in [0.1, 0.15) is 11.6 Å². The van der Waals surface area contributed by atoms with E-state index in [2.05, 4.69) is 27.3 Å². The van der Waals surface area contributed by atoms with Crippen molar-refractivity contribution >= 4 is 32.6 Å². The molecule has 7 heteroatoms. The number of hydrogen-bond acceptors (Lipinski definition) is 5. The Morgan fingerprint density at radius 3 is 3.04 bits per heavy atom. The second kappa shape index (κ2) is 7.62. The lowest BCUT2D eigenvalue weighted by Crippen LogP contribution is -2.37. The molecule has 0 radical (unpaired) electrons. The number of hydrogen-bond donors (Lipinski definition) is 1. The number of amides is 1. The van der Waals surface area contributed by atoms with E-state index in [9.17, 15) is 9.18 Å². The quantitative estimate of drug-likeness (QED) is 0.725. The molecule has 1 amide bonds. The van der Waals surface area contributed by atoms with E-state index < -0.39 is 0 Å². The zero-order valence-corrected chi connectivity index (χ0v) is 15.8. The largest absolute Gasteiger partial charge is 0.494 e. The molecule has 5 nitrogen and oxygen atoms in total. The number of anilines is 1. The Hall–Kier alpha value is -2.51. The summed E-state index contributed by atoms with van der Waals surface area (Å²) in [4.78, 5) is 18.9. The zero-order valence-electron chi connectivity index (χ0n) is 15.0. The van der Waals surface area contributed by atoms with Crippen LogP contribution >= 0.6 is 11.3 Å². The minimum Gasteiger partial charge on any atom is -0.494 e. The number of aromatic nitrogens is 1. The highest BCUT2D eigenvalue weighted by atomic mass is 32.1. The highest BCUT2D eigenvalue weighted by Gasteiger charge is 2.19. The van der Waals surface area contributed by atoms with Crippen LogP contribution in [0.3, 0.4) is 0 Å². The normalized spacial score (nSPS) is 14.1. The van der Waals surface area contributed by atoms with Gasteiger partial charge in [-0.25, -0.2) is 9.37 Å². The number of benzene rings is 2. The Labute approximate surface area is 160 Å². The van der Waals surface area contributed by atoms with Crippen LogP contribution in [-0.4, -0.2) is 35.5 Å². The van der Waals surface area contributed by atoms with Crippen molar-refractivity contribution < 1.29 is 13.9 Å². The highest BCUT2D eigenvalue weighted by Crippen LogP contribution is 2.27. The lowest BCUT2D eigenvalue weighted by atomic mass is 9.99. The second-order valence-electron chi connectivity index (χ2n) is 6.50. The van der Waals surface area contributed by atoms with E-state index >= 15 is 0 Å². The van der Waals surface area contributed by atoms with E-state index in [-0.39, 0.29) is 11.7 Å². The summed E-state index contributed by atoms with van der Waals surface area (Å²) >= 11 is 1.28. The fourth-order valence-electron chi connectivity index (χ4n) is 3.30. The fourth-order valence-corrected chi connectivity index (χ4v) is 4.20. The summed E-state index contributed by atoms with van der Waals surface area (Å²) in [5, 5.41) is 3.33. The third-order valence-electron chi connectivity index (χ3n) is 4.54. The third kappa shape index (κ3) is 4.09. The lowest BCUT2D eigenvalue weighted by molar-refractivity contribution is -0.117. The van der Waals surface area contributed by atoms with Crippen LogP contribution in [0.15, 0.2) is 36.4 Å². The van der Waals surface area contributed by atoms with Crippen LogP contribution in [0.5, 0.6) is 5.75 Å². The van der Waals surface area contributed by atoms with Crippen molar-refractivity contribution in [3.63, 3.8) is 0 Å². The standard InChI is InChI=1S/C20H20FN3O2S/c1-2-26-16-5-3-13-7-8-24(11-14(13)9-16)12-19(25)23-20-22-17-6-4-15(21)10-18(17)27-20/h3-6,9-10H,2,7-8,11-12H2,1H3,(H,22,23,25). The van der Waals surface area contributed by atoms with Gasteiger partial charge in [0.15, 0.2) is 5.13 Å². The van der Waals surface area contributed by atoms with E-state index in [1.54, 1.807) is 6.07 Å². The Bertz CT molecular complexity index is 989. The Morgan fingerprint density at radius 1 is 1.30 bits per heavy atom. The van der Waals surface area contributed by atoms with Crippen molar-refractivity contribution in [2.45, 2.75) is 19.9 Å². The minimum absolute atomic E-state index is 0.112. The van der Waals surface area contributed by atoms with Crippen molar-refractivity contribution in [1.29, 1.82) is 0 Å². The molecule has 0 aliphatic carbocycles. The number of nitrogens with one attached hydrogen (secondary N) is 1. The SMILES string of the molecule is CCOc1ccc2c(c1)CN(CC(=O)Nc1nc3ccc(F)cc3s1)CC2. The van der Waals surface area contributed by atoms with Gasteiger partial charge in [0.05, 0.1) is 23.4 Å². The molecule has 2 aromatic carbocycles. The van der Waals surface area contributed by atoms with Gasteiger partial charge in [-0.1, -0.05) is 17.4 Å². The first-order valence-corrected chi connectivity index (χ1v) is 9.75. The van der Waals surface area contributed by atoms with Crippen LogP contribution in [0.2, 0.25) is 0 Å². The van der Waals surface area contributed by atoms with Gasteiger partial charge in [-0.2, -0.15) is 0 Å². The van der Waals surface area contributed by atoms with Crippen molar-refractivity contribution in [2.75, 3.05) is 25.0 Å². The molecule has 3 aromatic rings. The number of thiazole rings is 1. The van der Waals surface area contributed by atoms with Crippen LogP contribution in [-0.2, 0) is 17.8 Å². The number of fused-ring (bicyclic) bond motifs is 2. The van der Waals surface area contributed by atoms with Crippen LogP contribution in [0.25, 0.3) is 10.2 Å². The predicted molar refractivity (Wildman–Crippen MR) is 105 cm³/mol. The van der Waals surface area contributed by atoms with Gasteiger partial charge in [-0.05, 0) is 54.8 Å². The first kappa shape index (κ1) is 17.9. The Kier molecular flexibility index (Phi) is 5.05. The van der Waals surface area contributed by atoms with E-state index in [0.29, 0.717) is 30.3 Å². The van der Waals surface area contributed by atoms with Gasteiger partial charge in [-0.15, -0.1) is 0 Å². The average molecular weight is 385 g/mol. The lowest BCUT2D eigenvalue weighted by Gasteiger charge is -2.28. The third-order valence-corrected chi connectivity index (χ3v) is 5.48. The van der Waals surface area contributed by atoms with E-state index in [0.717, 1.165) is 23.4 Å². The molecule has 140 valence electrons. The number of nitrogens with zero attached hydrogens (tertiary/aromatic N) is 2. The topological polar surface area (TPSA) is 54.5 Å². The highest BCUT2D eigenvalue weighted by molar-refractivity contribution is 7.22. The number of carbonyl (C=O) groups excluding carboxylic acids is 1. The Balaban J connectivity index is 1.40. The summed E-state index contributed by atoms with van der Waals surface area (Å²) in [6, 6.07) is 10.6. The van der Waals surface area contributed by atoms with Gasteiger partial charge in [0.25, 0.3) is 0 Å². The summed E-state index contributed by atoms with van der Waals surface area (Å²) in [6.45, 7) is 4.44. The molecule has 0 unspecified atom stereocenters. The maximum atomic E-state index is 13.3. The van der Waals surface area contributed by atoms with E-state index in [1.807, 2.05) is 13.0 Å². The molecule has 1 aliphatic rings. The molecule has 0 bridgehead atoms. The van der Waals surface area contributed by atoms with Crippen molar-refractivity contribution in [1.82, 2.24) is 9.88 Å². The van der Waals surface area contributed by atoms with Gasteiger partial charge >= 0.3 is 0 Å². The molecule has 0 saturated heterocycles. The van der Waals surface area contributed by atoms with Crippen LogP contribution in [0.1, 0.15) is 18.1 Å². The van der Waals surface area contributed by atoms with Gasteiger partial charge in [-0.3, -0.25) is 9.69 Å². The molecule has 0 saturated carbocycles. The molecule has 1 aliphatic heterocycles. The molecule has 2 heterocycles. The molecule has 0 spiro atoms. The molecular weight excluding hydrogens is 365 g/mol. The smallest absolute Gasteiger partial charge is 0.240 e. The number of carbonyl (C=O) groups is 1. The van der Waals surface area contributed by atoms with Gasteiger partial charge in [0.2, 0.25) is 5.91 Å². The summed E-state index contributed by atoms with van der Waals surface area (Å²) in [5.74, 6) is 0.450. The molecule has 4 rings (SSSR count). The predicted octanol–water partition coefficient (Wildman–Crippen LogP) is 3.83. The van der Waals surface area contributed by atoms with Crippen LogP contribution < -0.4 is 10.1 Å². The van der Waals surface area contributed by atoms with Crippen LogP contribution in [0.4, 0.5) is 9.52 Å². The zero-order chi connectivity index (χ0) is 18.8. The summed E-state index contributed by atoms with van der Waals surface area (Å²) in [7, 11) is 0. The molecule has 0 fully saturated rings. The maximum Gasteiger partial charge on any atom is 0.240 e. The minimum atomic E-state index is -0.303. The van der Waals surface area contributed by atoms with Crippen molar-refractivity contribution in [2.24, 2.45) is 0 Å². The summed E-state index contributed by atoms with van der Waals surface area (Å²) in [6.07, 6.45) is 0.912. The number of rotatable bonds is 5. The first-order valence-electron chi connectivity index (χ1n) is 8.93. The summed E-state index contributed by atoms with van der Waals surface area (Å²) < 4.78 is 19.6. The second-order valence-corrected chi connectivity index (χ2v) is 7.53. The maximum absolute atomic E-state index is 13.3. The molecule has 1 aromatic heterocycles. The van der Waals surface area contributed by atoms with E-state index in [1.165, 1.54) is 34.6 Å². The molecule has 27 heavy (non-hydrogen) atoms. The molecule has 0 atom stereocenters. The molecule has 1 N–H and O–H groups in total. The summed E-state index contributed by atoms with van der Waals surface area (Å²) in [5.41, 5.74) is 3.20. The average Bonchev–Trinajstić information content (AvgIpc) is 3.02.